The van der Waals surface area contributed by atoms with Gasteiger partial charge in [0.25, 0.3) is 5.69 Å². The number of nitrogens with one attached hydrogen (secondary N) is 2. The molecule has 5 heteroatoms. The number of quaternary nitrogens is 2. The molecule has 4 rings (SSSR count). The van der Waals surface area contributed by atoms with Crippen molar-refractivity contribution in [2.45, 2.75) is 38.4 Å². The molecule has 0 spiro atoms. The van der Waals surface area contributed by atoms with Crippen LogP contribution in [0.5, 0.6) is 0 Å². The number of hydrogen-bond acceptors (Lipinski definition) is 2. The van der Waals surface area contributed by atoms with Crippen LogP contribution < -0.4 is 9.80 Å². The van der Waals surface area contributed by atoms with Crippen LogP contribution in [0.4, 0.5) is 5.69 Å². The molecule has 166 valence electrons. The highest BCUT2D eigenvalue weighted by Gasteiger charge is 2.30. The lowest BCUT2D eigenvalue weighted by Gasteiger charge is -2.34. The molecular weight excluding hydrogens is 398 g/mol. The first-order chi connectivity index (χ1) is 15.7. The van der Waals surface area contributed by atoms with Gasteiger partial charge in [0.05, 0.1) is 30.6 Å². The van der Waals surface area contributed by atoms with E-state index in [4.69, 9.17) is 0 Å². The SMILES string of the molecule is O=[N+]([O-])c1ccc(C[NH+]2CCC([NH+](CCc3ccccc3)Cc3ccccc3)CC2)cc1. The average Bonchev–Trinajstić information content (AvgIpc) is 2.84. The van der Waals surface area contributed by atoms with Crippen LogP contribution in [0.15, 0.2) is 84.9 Å². The molecule has 2 N–H and O–H groups in total. The van der Waals surface area contributed by atoms with E-state index >= 15 is 0 Å². The molecule has 1 atom stereocenters. The molecule has 1 aliphatic rings. The van der Waals surface area contributed by atoms with E-state index in [1.54, 1.807) is 21.9 Å². The molecule has 0 amide bonds. The molecule has 1 fully saturated rings. The van der Waals surface area contributed by atoms with Gasteiger partial charge in [0, 0.05) is 42.5 Å². The summed E-state index contributed by atoms with van der Waals surface area (Å²) in [5, 5.41) is 10.9. The normalized spacial score (nSPS) is 19.4. The van der Waals surface area contributed by atoms with E-state index in [1.807, 2.05) is 12.1 Å². The molecule has 0 radical (unpaired) electrons. The third-order valence-corrected chi connectivity index (χ3v) is 6.72. The molecule has 0 bridgehead atoms. The fourth-order valence-corrected chi connectivity index (χ4v) is 4.88. The zero-order chi connectivity index (χ0) is 22.2. The van der Waals surface area contributed by atoms with Gasteiger partial charge in [-0.15, -0.1) is 0 Å². The highest BCUT2D eigenvalue weighted by atomic mass is 16.6. The van der Waals surface area contributed by atoms with Crippen molar-refractivity contribution in [2.75, 3.05) is 19.6 Å². The fraction of sp³-hybridized carbons (Fsp3) is 0.333. The van der Waals surface area contributed by atoms with Crippen molar-refractivity contribution in [3.63, 3.8) is 0 Å². The summed E-state index contributed by atoms with van der Waals surface area (Å²) in [7, 11) is 0. The lowest BCUT2D eigenvalue weighted by atomic mass is 10.0. The Morgan fingerprint density at radius 2 is 1.41 bits per heavy atom. The van der Waals surface area contributed by atoms with Crippen LogP contribution in [0.3, 0.4) is 0 Å². The number of piperidine rings is 1. The van der Waals surface area contributed by atoms with E-state index < -0.39 is 0 Å². The van der Waals surface area contributed by atoms with Crippen molar-refractivity contribution in [3.05, 3.63) is 112 Å². The summed E-state index contributed by atoms with van der Waals surface area (Å²) in [6, 6.07) is 29.4. The summed E-state index contributed by atoms with van der Waals surface area (Å²) >= 11 is 0. The van der Waals surface area contributed by atoms with Gasteiger partial charge in [0.1, 0.15) is 13.1 Å². The van der Waals surface area contributed by atoms with Gasteiger partial charge in [-0.25, -0.2) is 0 Å². The largest absolute Gasteiger partial charge is 0.331 e. The number of benzene rings is 3. The lowest BCUT2D eigenvalue weighted by Crippen LogP contribution is -3.19. The number of nitrogens with zero attached hydrogens (tertiary/aromatic N) is 1. The Bertz CT molecular complexity index is 969. The minimum Gasteiger partial charge on any atom is -0.331 e. The summed E-state index contributed by atoms with van der Waals surface area (Å²) in [5.41, 5.74) is 4.18. The molecule has 1 aliphatic heterocycles. The second-order valence-corrected chi connectivity index (χ2v) is 8.93. The molecule has 1 saturated heterocycles. The molecule has 3 aromatic carbocycles. The quantitative estimate of drug-likeness (QED) is 0.404. The first kappa shape index (κ1) is 22.2. The number of hydrogen-bond donors (Lipinski definition) is 2. The standard InChI is InChI=1S/C27H31N3O2/c31-30(32)27-13-11-25(12-14-27)21-28-18-16-26(17-19-28)29(22-24-9-5-2-6-10-24)20-15-23-7-3-1-4-8-23/h1-14,26H,15-22H2/p+2. The van der Waals surface area contributed by atoms with Crippen molar-refractivity contribution in [1.82, 2.24) is 0 Å². The van der Waals surface area contributed by atoms with E-state index in [1.165, 1.54) is 29.5 Å². The van der Waals surface area contributed by atoms with Crippen LogP contribution in [0, 0.1) is 10.1 Å². The fourth-order valence-electron chi connectivity index (χ4n) is 4.88. The minimum atomic E-state index is -0.332. The number of likely N-dealkylation sites (tertiary alicyclic amines) is 1. The van der Waals surface area contributed by atoms with Crippen LogP contribution in [0.1, 0.15) is 29.5 Å². The summed E-state index contributed by atoms with van der Waals surface area (Å²) in [5.74, 6) is 0. The van der Waals surface area contributed by atoms with Gasteiger partial charge in [-0.1, -0.05) is 60.7 Å². The number of nitro groups is 1. The Hall–Kier alpha value is -3.02. The van der Waals surface area contributed by atoms with Crippen molar-refractivity contribution >= 4 is 5.69 Å². The van der Waals surface area contributed by atoms with Crippen LogP contribution >= 0.6 is 0 Å². The van der Waals surface area contributed by atoms with Gasteiger partial charge in [-0.2, -0.15) is 0 Å². The lowest BCUT2D eigenvalue weighted by molar-refractivity contribution is -0.970. The Labute approximate surface area is 190 Å². The van der Waals surface area contributed by atoms with E-state index in [9.17, 15) is 10.1 Å². The third-order valence-electron chi connectivity index (χ3n) is 6.72. The van der Waals surface area contributed by atoms with Crippen molar-refractivity contribution in [3.8, 4) is 0 Å². The van der Waals surface area contributed by atoms with Gasteiger partial charge in [0.15, 0.2) is 0 Å². The smallest absolute Gasteiger partial charge is 0.269 e. The molecular formula is C27H33N3O2+2. The minimum absolute atomic E-state index is 0.168. The van der Waals surface area contributed by atoms with E-state index in [0.29, 0.717) is 6.04 Å². The molecule has 3 aromatic rings. The molecule has 1 heterocycles. The molecule has 32 heavy (non-hydrogen) atoms. The molecule has 0 saturated carbocycles. The van der Waals surface area contributed by atoms with Gasteiger partial charge < -0.3 is 9.80 Å². The maximum Gasteiger partial charge on any atom is 0.269 e. The van der Waals surface area contributed by atoms with Crippen LogP contribution in [0.25, 0.3) is 0 Å². The Balaban J connectivity index is 1.35. The van der Waals surface area contributed by atoms with Gasteiger partial charge in [-0.3, -0.25) is 10.1 Å². The summed E-state index contributed by atoms with van der Waals surface area (Å²) in [6.07, 6.45) is 3.55. The highest BCUT2D eigenvalue weighted by molar-refractivity contribution is 5.32. The van der Waals surface area contributed by atoms with Crippen LogP contribution in [-0.4, -0.2) is 30.6 Å². The number of nitro benzene ring substituents is 1. The van der Waals surface area contributed by atoms with Gasteiger partial charge in [0.2, 0.25) is 0 Å². The first-order valence-electron chi connectivity index (χ1n) is 11.7. The van der Waals surface area contributed by atoms with Crippen molar-refractivity contribution in [2.24, 2.45) is 0 Å². The van der Waals surface area contributed by atoms with Crippen LogP contribution in [0.2, 0.25) is 0 Å². The maximum atomic E-state index is 10.9. The average molecular weight is 432 g/mol. The predicted octanol–water partition coefficient (Wildman–Crippen LogP) is 2.47. The van der Waals surface area contributed by atoms with E-state index in [2.05, 4.69) is 60.7 Å². The number of rotatable bonds is 9. The predicted molar refractivity (Wildman–Crippen MR) is 127 cm³/mol. The third kappa shape index (κ3) is 6.25. The molecule has 5 nitrogen and oxygen atoms in total. The van der Waals surface area contributed by atoms with Crippen molar-refractivity contribution < 1.29 is 14.7 Å². The molecule has 0 aliphatic carbocycles. The van der Waals surface area contributed by atoms with E-state index in [0.717, 1.165) is 39.1 Å². The highest BCUT2D eigenvalue weighted by Crippen LogP contribution is 2.11. The summed E-state index contributed by atoms with van der Waals surface area (Å²) in [4.78, 5) is 13.8. The zero-order valence-electron chi connectivity index (χ0n) is 18.6. The monoisotopic (exact) mass is 431 g/mol. The Kier molecular flexibility index (Phi) is 7.64. The molecule has 1 unspecified atom stereocenters. The Morgan fingerprint density at radius 1 is 0.812 bits per heavy atom. The van der Waals surface area contributed by atoms with Crippen molar-refractivity contribution in [1.29, 1.82) is 0 Å². The van der Waals surface area contributed by atoms with Gasteiger partial charge >= 0.3 is 0 Å². The molecule has 0 aromatic heterocycles. The topological polar surface area (TPSA) is 52.0 Å². The van der Waals surface area contributed by atoms with Crippen LogP contribution in [-0.2, 0) is 19.5 Å². The summed E-state index contributed by atoms with van der Waals surface area (Å²) < 4.78 is 0. The zero-order valence-corrected chi connectivity index (χ0v) is 18.6. The van der Waals surface area contributed by atoms with Gasteiger partial charge in [-0.05, 0) is 17.7 Å². The van der Waals surface area contributed by atoms with E-state index in [-0.39, 0.29) is 10.6 Å². The summed E-state index contributed by atoms with van der Waals surface area (Å²) in [6.45, 7) is 5.50. The Morgan fingerprint density at radius 3 is 2.00 bits per heavy atom. The first-order valence-corrected chi connectivity index (χ1v) is 11.7. The number of non-ortho nitro benzene ring substituents is 1. The maximum absolute atomic E-state index is 10.9. The second-order valence-electron chi connectivity index (χ2n) is 8.93. The second kappa shape index (κ2) is 11.0.